The van der Waals surface area contributed by atoms with Gasteiger partial charge in [0.25, 0.3) is 0 Å². The van der Waals surface area contributed by atoms with Crippen LogP contribution >= 0.6 is 0 Å². The molecule has 0 unspecified atom stereocenters. The number of rotatable bonds is 60. The van der Waals surface area contributed by atoms with E-state index in [0.29, 0.717) is 67.1 Å². The van der Waals surface area contributed by atoms with E-state index in [-0.39, 0.29) is 143 Å². The van der Waals surface area contributed by atoms with E-state index < -0.39 is 85.3 Å². The smallest absolute Gasteiger partial charge is 0.744 e. The van der Waals surface area contributed by atoms with Crippen molar-refractivity contribution in [2.24, 2.45) is 0 Å². The molecule has 2 heterocycles. The van der Waals surface area contributed by atoms with Crippen LogP contribution in [0.4, 0.5) is 5.69 Å². The van der Waals surface area contributed by atoms with Crippen molar-refractivity contribution in [1.82, 2.24) is 44.4 Å². The van der Waals surface area contributed by atoms with Crippen molar-refractivity contribution < 1.29 is 110 Å². The molecule has 3 amide bonds. The van der Waals surface area contributed by atoms with Crippen molar-refractivity contribution in [3.8, 4) is 22.5 Å². The van der Waals surface area contributed by atoms with Crippen LogP contribution in [0.15, 0.2) is 68.8 Å². The third-order valence-corrected chi connectivity index (χ3v) is 24.6. The van der Waals surface area contributed by atoms with E-state index in [0.717, 1.165) is 68.5 Å². The minimum Gasteiger partial charge on any atom is -0.744 e. The number of fused-ring (bicyclic) bond motifs is 2. The van der Waals surface area contributed by atoms with Gasteiger partial charge in [-0.3, -0.25) is 34.0 Å². The summed E-state index contributed by atoms with van der Waals surface area (Å²) in [6.07, 6.45) is 39.2. The van der Waals surface area contributed by atoms with E-state index in [4.69, 9.17) is 4.42 Å². The molecule has 649 valence electrons. The van der Waals surface area contributed by atoms with Crippen LogP contribution in [0.1, 0.15) is 266 Å². The zero-order valence-corrected chi connectivity index (χ0v) is 74.5. The van der Waals surface area contributed by atoms with Crippen LogP contribution in [0.25, 0.3) is 33.4 Å². The SMILES string of the molecule is CCCCCCCCCCCCCCCCCCN(CCCCCCCCCCCCCCCCCC)C(=O)CNC(=O)[C@H](CCCCNS(=O)(=O)c1ccc(-c2c3ccc(=[N+](CC)CC)cc-3oc3cc(N(CC)CC)ccc23)c(S(=O)(=O)[O-])c1)NC(=O)CN1CCN(CC(=O)[O-])CCN(CC(=O)[O-])CCN(CC(=O)[O-])CC1.[Gd+3]. The number of carbonyl (C=O) groups is 6. The second kappa shape index (κ2) is 58.6. The van der Waals surface area contributed by atoms with E-state index in [2.05, 4.69) is 38.7 Å². The molecule has 5 rings (SSSR count). The van der Waals surface area contributed by atoms with Gasteiger partial charge >= 0.3 is 39.9 Å². The number of nitrogens with zero attached hydrogens (tertiary/aromatic N) is 7. The number of unbranched alkanes of at least 4 members (excludes halogenated alkanes) is 31. The predicted molar refractivity (Wildman–Crippen MR) is 447 cm³/mol. The summed E-state index contributed by atoms with van der Waals surface area (Å²) in [5.41, 5.74) is 2.12. The average Bonchev–Trinajstić information content (AvgIpc) is 0.737. The molecule has 2 aromatic rings. The van der Waals surface area contributed by atoms with Gasteiger partial charge in [-0.15, -0.1) is 0 Å². The number of benzene rings is 3. The molecule has 1 saturated heterocycles. The second-order valence-corrected chi connectivity index (χ2v) is 34.3. The number of carboxylic acid groups (broad SMARTS) is 3. The number of sulfonamides is 1. The first-order valence-corrected chi connectivity index (χ1v) is 46.6. The second-order valence-electron chi connectivity index (χ2n) is 31.2. The molecular weight excluding hydrogens is 1650 g/mol. The molecule has 28 heteroatoms. The van der Waals surface area contributed by atoms with Gasteiger partial charge in [-0.25, -0.2) is 26.1 Å². The summed E-state index contributed by atoms with van der Waals surface area (Å²) in [5.74, 6) is -5.25. The number of carboxylic acids is 3. The van der Waals surface area contributed by atoms with Gasteiger partial charge in [0.2, 0.25) is 33.1 Å². The third kappa shape index (κ3) is 40.1. The van der Waals surface area contributed by atoms with Crippen LogP contribution in [0, 0.1) is 39.9 Å². The van der Waals surface area contributed by atoms with E-state index >= 15 is 0 Å². The van der Waals surface area contributed by atoms with Crippen molar-refractivity contribution in [1.29, 1.82) is 0 Å². The Kier molecular flexibility index (Phi) is 52.0. The summed E-state index contributed by atoms with van der Waals surface area (Å²) in [5, 5.41) is 42.7. The number of nitrogens with one attached hydrogen (secondary N) is 3. The fourth-order valence-corrected chi connectivity index (χ4v) is 17.4. The maximum absolute atomic E-state index is 14.6. The Labute approximate surface area is 721 Å². The van der Waals surface area contributed by atoms with Crippen molar-refractivity contribution in [2.75, 3.05) is 136 Å². The Morgan fingerprint density at radius 2 is 0.913 bits per heavy atom. The Morgan fingerprint density at radius 1 is 0.496 bits per heavy atom. The maximum atomic E-state index is 14.6. The number of amides is 3. The summed E-state index contributed by atoms with van der Waals surface area (Å²) in [6, 6.07) is 13.3. The maximum Gasteiger partial charge on any atom is 3.00 e. The zero-order valence-electron chi connectivity index (χ0n) is 70.6. The monoisotopic (exact) mass is 1790 g/mol. The van der Waals surface area contributed by atoms with Gasteiger partial charge in [-0.1, -0.05) is 213 Å². The fraction of sp³-hybridized carbons (Fsp3) is 0.713. The molecule has 0 spiro atoms. The van der Waals surface area contributed by atoms with Crippen LogP contribution in [-0.4, -0.2) is 218 Å². The largest absolute Gasteiger partial charge is 3.00 e. The molecular formula is C87H141GdN10O15S2. The molecule has 1 aliphatic carbocycles. The molecule has 3 aliphatic rings. The van der Waals surface area contributed by atoms with Gasteiger partial charge in [0, 0.05) is 145 Å². The average molecular weight is 1790 g/mol. The first kappa shape index (κ1) is 102. The minimum absolute atomic E-state index is 0. The summed E-state index contributed by atoms with van der Waals surface area (Å²) in [6.45, 7) is 14.8. The van der Waals surface area contributed by atoms with E-state index in [1.165, 1.54) is 171 Å². The van der Waals surface area contributed by atoms with Gasteiger partial charge in [0.15, 0.2) is 0 Å². The number of hydrogen-bond donors (Lipinski definition) is 3. The normalized spacial score (nSPS) is 14.1. The first-order chi connectivity index (χ1) is 54.9. The van der Waals surface area contributed by atoms with E-state index in [9.17, 15) is 65.5 Å². The van der Waals surface area contributed by atoms with Crippen molar-refractivity contribution in [2.45, 2.75) is 282 Å². The van der Waals surface area contributed by atoms with E-state index in [1.807, 2.05) is 56.9 Å². The number of anilines is 1. The van der Waals surface area contributed by atoms with Crippen molar-refractivity contribution >= 4 is 72.4 Å². The predicted octanol–water partition coefficient (Wildman–Crippen LogP) is 9.64. The Bertz CT molecular complexity index is 3690. The number of aliphatic carboxylic acids is 3. The van der Waals surface area contributed by atoms with Crippen LogP contribution in [0.2, 0.25) is 0 Å². The first-order valence-electron chi connectivity index (χ1n) is 43.7. The van der Waals surface area contributed by atoms with Crippen molar-refractivity contribution in [3.05, 3.63) is 60.0 Å². The molecule has 2 aliphatic heterocycles. The standard InChI is InChI=1S/C87H144N10O15S2.Gd/c1-7-13-15-17-19-21-23-25-27-29-31-33-35-37-39-43-53-97(54-44-40-38-36-34-32-30-28-26-24-22-20-18-16-14-8-2)82(99)66-88-87(106)77(90-81(98)67-91-55-57-92(68-83(100)101)59-61-94(70-85(104)105)62-60-93(58-56-91)69-84(102)103)45-41-42-52-89-113(107,108)73-48-51-76(80(65-73)114(109,110)111)86-74-49-46-71(95(9-3)10-4)63-78(74)112-79-64-72(47-50-75(79)86)96(11-5)12-6;/h46-51,63-65,77,89H,7-45,52-62,66-70H2,1-6H3,(H5-,88,90,98,100,101,102,103,104,105,106,109,110,111);/q;+3/p-3/t77-;/m0./s1. The molecule has 1 fully saturated rings. The quantitative estimate of drug-likeness (QED) is 0.0160. The molecule has 115 heavy (non-hydrogen) atoms. The van der Waals surface area contributed by atoms with Gasteiger partial charge in [-0.2, -0.15) is 0 Å². The Morgan fingerprint density at radius 3 is 1.32 bits per heavy atom. The summed E-state index contributed by atoms with van der Waals surface area (Å²) < 4.78 is 80.3. The minimum atomic E-state index is -5.36. The molecule has 25 nitrogen and oxygen atoms in total. The van der Waals surface area contributed by atoms with Crippen LogP contribution in [-0.2, 0) is 48.9 Å². The number of hydrogen-bond acceptors (Lipinski definition) is 20. The van der Waals surface area contributed by atoms with Crippen LogP contribution in [0.5, 0.6) is 0 Å². The fourth-order valence-electron chi connectivity index (χ4n) is 15.5. The van der Waals surface area contributed by atoms with Gasteiger partial charge < -0.3 is 59.1 Å². The summed E-state index contributed by atoms with van der Waals surface area (Å²) >= 11 is 0. The van der Waals surface area contributed by atoms with Gasteiger partial charge in [-0.05, 0) is 90.1 Å². The molecule has 0 bridgehead atoms. The van der Waals surface area contributed by atoms with Gasteiger partial charge in [0.05, 0.1) is 46.9 Å². The third-order valence-electron chi connectivity index (χ3n) is 22.3. The topological polar surface area (TPSA) is 335 Å². The molecule has 1 radical (unpaired) electrons. The summed E-state index contributed by atoms with van der Waals surface area (Å²) in [7, 11) is -9.88. The molecule has 1 atom stereocenters. The molecule has 0 aromatic heterocycles. The Hall–Kier alpha value is -5.27. The molecule has 3 N–H and O–H groups in total. The van der Waals surface area contributed by atoms with Gasteiger partial charge in [0.1, 0.15) is 40.6 Å². The summed E-state index contributed by atoms with van der Waals surface area (Å²) in [4.78, 5) is 88.1. The van der Waals surface area contributed by atoms with Crippen LogP contribution < -0.4 is 45.5 Å². The Balaban J connectivity index is 0.0000278. The van der Waals surface area contributed by atoms with E-state index in [1.54, 1.807) is 26.8 Å². The van der Waals surface area contributed by atoms with Crippen molar-refractivity contribution in [3.63, 3.8) is 0 Å². The molecule has 0 saturated carbocycles. The number of carbonyl (C=O) groups excluding carboxylic acids is 6. The van der Waals surface area contributed by atoms with Crippen LogP contribution in [0.3, 0.4) is 0 Å². The zero-order chi connectivity index (χ0) is 82.9. The molecule has 2 aromatic carbocycles.